The van der Waals surface area contributed by atoms with E-state index < -0.39 is 6.10 Å². The summed E-state index contributed by atoms with van der Waals surface area (Å²) >= 11 is 0. The lowest BCUT2D eigenvalue weighted by Crippen LogP contribution is -2.44. The Bertz CT molecular complexity index is 568. The van der Waals surface area contributed by atoms with Crippen molar-refractivity contribution in [3.05, 3.63) is 30.2 Å². The van der Waals surface area contributed by atoms with Gasteiger partial charge in [-0.25, -0.2) is 4.39 Å². The topological polar surface area (TPSA) is 64.1 Å². The van der Waals surface area contributed by atoms with E-state index >= 15 is 0 Å². The van der Waals surface area contributed by atoms with E-state index in [4.69, 9.17) is 5.73 Å². The predicted molar refractivity (Wildman–Crippen MR) is 66.6 cm³/mol. The van der Waals surface area contributed by atoms with Gasteiger partial charge in [0.1, 0.15) is 5.82 Å². The van der Waals surface area contributed by atoms with Crippen LogP contribution in [0.15, 0.2) is 24.4 Å². The van der Waals surface area contributed by atoms with Crippen molar-refractivity contribution < 1.29 is 9.50 Å². The third-order valence-corrected chi connectivity index (χ3v) is 3.72. The lowest BCUT2D eigenvalue weighted by Gasteiger charge is -2.32. The number of fused-ring (bicyclic) bond motifs is 1. The Hall–Kier alpha value is -1.46. The molecule has 1 saturated carbocycles. The van der Waals surface area contributed by atoms with Crippen LogP contribution in [0, 0.1) is 5.82 Å². The Kier molecular flexibility index (Phi) is 2.80. The highest BCUT2D eigenvalue weighted by atomic mass is 19.1. The van der Waals surface area contributed by atoms with Crippen molar-refractivity contribution in [1.29, 1.82) is 0 Å². The number of rotatable bonds is 1. The molecule has 1 aromatic heterocycles. The predicted octanol–water partition coefficient (Wildman–Crippen LogP) is 1.59. The Balaban J connectivity index is 2.01. The number of benzene rings is 1. The van der Waals surface area contributed by atoms with Crippen LogP contribution in [0.4, 0.5) is 4.39 Å². The maximum atomic E-state index is 13.6. The second-order valence-corrected chi connectivity index (χ2v) is 4.93. The maximum Gasteiger partial charge on any atom is 0.134 e. The molecule has 1 heterocycles. The summed E-state index contributed by atoms with van der Waals surface area (Å²) in [4.78, 5) is 0. The smallest absolute Gasteiger partial charge is 0.134 e. The fourth-order valence-electron chi connectivity index (χ4n) is 2.67. The van der Waals surface area contributed by atoms with Gasteiger partial charge in [-0.15, -0.1) is 0 Å². The average Bonchev–Trinajstić information content (AvgIpc) is 2.78. The highest BCUT2D eigenvalue weighted by Gasteiger charge is 2.31. The van der Waals surface area contributed by atoms with Gasteiger partial charge < -0.3 is 10.8 Å². The van der Waals surface area contributed by atoms with Crippen LogP contribution < -0.4 is 5.73 Å². The quantitative estimate of drug-likeness (QED) is 0.806. The molecule has 3 N–H and O–H groups in total. The fourth-order valence-corrected chi connectivity index (χ4v) is 2.67. The van der Waals surface area contributed by atoms with Gasteiger partial charge in [-0.3, -0.25) is 4.68 Å². The third-order valence-electron chi connectivity index (χ3n) is 3.72. The highest BCUT2D eigenvalue weighted by molar-refractivity contribution is 5.78. The lowest BCUT2D eigenvalue weighted by molar-refractivity contribution is 0.0518. The molecule has 1 aromatic carbocycles. The van der Waals surface area contributed by atoms with E-state index in [0.29, 0.717) is 10.9 Å². The summed E-state index contributed by atoms with van der Waals surface area (Å²) in [7, 11) is 0. The summed E-state index contributed by atoms with van der Waals surface area (Å²) in [6.07, 6.45) is 3.66. The van der Waals surface area contributed by atoms with Crippen LogP contribution in [0.5, 0.6) is 0 Å². The second kappa shape index (κ2) is 4.33. The minimum Gasteiger partial charge on any atom is -0.389 e. The Labute approximate surface area is 104 Å². The minimum absolute atomic E-state index is 0.152. The normalized spacial score (nSPS) is 28.7. The molecule has 3 atom stereocenters. The highest BCUT2D eigenvalue weighted by Crippen LogP contribution is 2.29. The molecule has 0 amide bonds. The number of aromatic nitrogens is 2. The molecule has 1 aliphatic rings. The van der Waals surface area contributed by atoms with Crippen molar-refractivity contribution in [2.75, 3.05) is 0 Å². The zero-order chi connectivity index (χ0) is 12.7. The van der Waals surface area contributed by atoms with E-state index in [9.17, 15) is 9.50 Å². The van der Waals surface area contributed by atoms with Crippen LogP contribution in [0.2, 0.25) is 0 Å². The fraction of sp³-hybridized carbons (Fsp3) is 0.462. The Morgan fingerprint density at radius 2 is 2.22 bits per heavy atom. The molecule has 2 aromatic rings. The number of hydrogen-bond acceptors (Lipinski definition) is 3. The van der Waals surface area contributed by atoms with Crippen molar-refractivity contribution >= 4 is 10.9 Å². The standard InChI is InChI=1S/C13H16FN3O/c14-9-3-1-5-11-8(9)7-17(16-11)12-6-2-4-10(15)13(12)18/h1,3,5,7,10,12-13,18H,2,4,6,15H2/t10-,12+,13+/m1/s1. The largest absolute Gasteiger partial charge is 0.389 e. The van der Waals surface area contributed by atoms with Gasteiger partial charge in [0.2, 0.25) is 0 Å². The molecule has 1 fully saturated rings. The van der Waals surface area contributed by atoms with Crippen molar-refractivity contribution in [2.24, 2.45) is 5.73 Å². The molecule has 0 spiro atoms. The van der Waals surface area contributed by atoms with Crippen LogP contribution in [0.3, 0.4) is 0 Å². The molecule has 96 valence electrons. The second-order valence-electron chi connectivity index (χ2n) is 4.93. The molecule has 0 bridgehead atoms. The summed E-state index contributed by atoms with van der Waals surface area (Å²) < 4.78 is 15.3. The molecule has 4 nitrogen and oxygen atoms in total. The van der Waals surface area contributed by atoms with Crippen LogP contribution in [0.25, 0.3) is 10.9 Å². The minimum atomic E-state index is -0.615. The first-order chi connectivity index (χ1) is 8.66. The lowest BCUT2D eigenvalue weighted by atomic mass is 9.89. The molecular formula is C13H16FN3O. The molecule has 0 radical (unpaired) electrons. The molecule has 1 aliphatic carbocycles. The van der Waals surface area contributed by atoms with E-state index in [1.54, 1.807) is 23.0 Å². The van der Waals surface area contributed by atoms with E-state index in [0.717, 1.165) is 19.3 Å². The first-order valence-electron chi connectivity index (χ1n) is 6.24. The van der Waals surface area contributed by atoms with Crippen LogP contribution in [0.1, 0.15) is 25.3 Å². The molecule has 3 rings (SSSR count). The number of halogens is 1. The van der Waals surface area contributed by atoms with E-state index in [2.05, 4.69) is 5.10 Å². The van der Waals surface area contributed by atoms with Crippen LogP contribution in [-0.4, -0.2) is 27.0 Å². The van der Waals surface area contributed by atoms with E-state index in [-0.39, 0.29) is 17.9 Å². The van der Waals surface area contributed by atoms with Crippen molar-refractivity contribution in [3.8, 4) is 0 Å². The van der Waals surface area contributed by atoms with Crippen molar-refractivity contribution in [1.82, 2.24) is 9.78 Å². The molecule has 0 unspecified atom stereocenters. The average molecular weight is 249 g/mol. The van der Waals surface area contributed by atoms with Crippen LogP contribution >= 0.6 is 0 Å². The molecule has 18 heavy (non-hydrogen) atoms. The first kappa shape index (κ1) is 11.6. The summed E-state index contributed by atoms with van der Waals surface area (Å²) in [5.74, 6) is -0.284. The summed E-state index contributed by atoms with van der Waals surface area (Å²) in [5, 5.41) is 14.9. The Morgan fingerprint density at radius 1 is 1.39 bits per heavy atom. The SMILES string of the molecule is N[C@@H]1CCC[C@H](n2cc3c(F)cccc3n2)[C@H]1O. The van der Waals surface area contributed by atoms with Gasteiger partial charge in [-0.2, -0.15) is 5.10 Å². The van der Waals surface area contributed by atoms with Gasteiger partial charge in [0, 0.05) is 12.2 Å². The van der Waals surface area contributed by atoms with Crippen molar-refractivity contribution in [3.63, 3.8) is 0 Å². The number of nitrogens with two attached hydrogens (primary N) is 1. The number of aliphatic hydroxyl groups is 1. The molecular weight excluding hydrogens is 233 g/mol. The van der Waals surface area contributed by atoms with E-state index in [1.807, 2.05) is 0 Å². The van der Waals surface area contributed by atoms with Gasteiger partial charge in [0.05, 0.1) is 23.0 Å². The number of nitrogens with zero attached hydrogens (tertiary/aromatic N) is 2. The first-order valence-corrected chi connectivity index (χ1v) is 6.24. The van der Waals surface area contributed by atoms with Gasteiger partial charge in [0.25, 0.3) is 0 Å². The molecule has 0 saturated heterocycles. The summed E-state index contributed by atoms with van der Waals surface area (Å²) in [5.41, 5.74) is 6.48. The maximum absolute atomic E-state index is 13.6. The van der Waals surface area contributed by atoms with E-state index in [1.165, 1.54) is 6.07 Å². The van der Waals surface area contributed by atoms with Crippen molar-refractivity contribution in [2.45, 2.75) is 37.5 Å². The van der Waals surface area contributed by atoms with Gasteiger partial charge in [-0.1, -0.05) is 6.07 Å². The van der Waals surface area contributed by atoms with Gasteiger partial charge in [0.15, 0.2) is 0 Å². The van der Waals surface area contributed by atoms with Gasteiger partial charge >= 0.3 is 0 Å². The molecule has 0 aliphatic heterocycles. The Morgan fingerprint density at radius 3 is 3.00 bits per heavy atom. The molecule has 5 heteroatoms. The monoisotopic (exact) mass is 249 g/mol. The zero-order valence-corrected chi connectivity index (χ0v) is 9.96. The zero-order valence-electron chi connectivity index (χ0n) is 9.96. The third kappa shape index (κ3) is 1.79. The van der Waals surface area contributed by atoms with Gasteiger partial charge in [-0.05, 0) is 31.4 Å². The van der Waals surface area contributed by atoms with Crippen LogP contribution in [-0.2, 0) is 0 Å². The summed E-state index contributed by atoms with van der Waals surface area (Å²) in [6, 6.07) is 4.45. The number of hydrogen-bond donors (Lipinski definition) is 2. The number of aliphatic hydroxyl groups excluding tert-OH is 1. The summed E-state index contributed by atoms with van der Waals surface area (Å²) in [6.45, 7) is 0.